The van der Waals surface area contributed by atoms with Crippen molar-refractivity contribution in [2.45, 2.75) is 13.3 Å². The number of fused-ring (bicyclic) bond motifs is 1. The molecule has 20 heavy (non-hydrogen) atoms. The first kappa shape index (κ1) is 12.5. The first-order valence-corrected chi connectivity index (χ1v) is 6.69. The van der Waals surface area contributed by atoms with Gasteiger partial charge in [0.05, 0.1) is 0 Å². The molecule has 3 aromatic rings. The topological polar surface area (TPSA) is 58.9 Å². The molecule has 0 atom stereocenters. The molecule has 3 N–H and O–H groups in total. The highest BCUT2D eigenvalue weighted by Crippen LogP contribution is 2.25. The van der Waals surface area contributed by atoms with Crippen molar-refractivity contribution in [1.82, 2.24) is 4.98 Å². The quantitative estimate of drug-likeness (QED) is 0.554. The molecule has 1 heterocycles. The predicted octanol–water partition coefficient (Wildman–Crippen LogP) is 4.01. The Labute approximate surface area is 117 Å². The number of aromatic amines is 1. The van der Waals surface area contributed by atoms with Gasteiger partial charge >= 0.3 is 0 Å². The van der Waals surface area contributed by atoms with Crippen LogP contribution < -0.4 is 5.73 Å². The van der Waals surface area contributed by atoms with Crippen LogP contribution in [0.25, 0.3) is 22.2 Å². The number of hydrogen-bond acceptors (Lipinski definition) is 2. The lowest BCUT2D eigenvalue weighted by molar-refractivity contribution is 0.0988. The van der Waals surface area contributed by atoms with E-state index < -0.39 is 0 Å². The summed E-state index contributed by atoms with van der Waals surface area (Å²) in [6.45, 7) is 1.88. The van der Waals surface area contributed by atoms with Crippen LogP contribution in [0.1, 0.15) is 23.7 Å². The Bertz CT molecular complexity index is 769. The maximum Gasteiger partial charge on any atom is 0.162 e. The van der Waals surface area contributed by atoms with Crippen LogP contribution in [0.4, 0.5) is 5.69 Å². The lowest BCUT2D eigenvalue weighted by Gasteiger charge is -1.98. The molecule has 0 fully saturated rings. The number of H-pyrrole nitrogens is 1. The SMILES string of the molecule is CCC(=O)c1ccc2cc(-c3ccc(N)cc3)[nH]c2c1. The molecule has 0 aliphatic heterocycles. The fourth-order valence-corrected chi connectivity index (χ4v) is 2.32. The van der Waals surface area contributed by atoms with Gasteiger partial charge in [-0.3, -0.25) is 4.79 Å². The van der Waals surface area contributed by atoms with E-state index >= 15 is 0 Å². The molecule has 0 bridgehead atoms. The van der Waals surface area contributed by atoms with E-state index in [-0.39, 0.29) is 5.78 Å². The molecule has 0 aliphatic carbocycles. The molecule has 0 unspecified atom stereocenters. The number of aromatic nitrogens is 1. The van der Waals surface area contributed by atoms with Gasteiger partial charge in [-0.2, -0.15) is 0 Å². The second kappa shape index (κ2) is 4.85. The summed E-state index contributed by atoms with van der Waals surface area (Å²) in [6.07, 6.45) is 0.525. The second-order valence-electron chi connectivity index (χ2n) is 4.88. The van der Waals surface area contributed by atoms with E-state index in [4.69, 9.17) is 5.73 Å². The maximum atomic E-state index is 11.7. The standard InChI is InChI=1S/C17H16N2O/c1-2-17(20)13-4-3-12-9-15(19-16(12)10-13)11-5-7-14(18)8-6-11/h3-10,19H,2,18H2,1H3. The summed E-state index contributed by atoms with van der Waals surface area (Å²) >= 11 is 0. The van der Waals surface area contributed by atoms with E-state index in [0.717, 1.165) is 33.4 Å². The first-order valence-electron chi connectivity index (χ1n) is 6.69. The predicted molar refractivity (Wildman–Crippen MR) is 82.8 cm³/mol. The van der Waals surface area contributed by atoms with Gasteiger partial charge in [-0.1, -0.05) is 31.2 Å². The number of ketones is 1. The van der Waals surface area contributed by atoms with Gasteiger partial charge in [-0.25, -0.2) is 0 Å². The van der Waals surface area contributed by atoms with Crippen molar-refractivity contribution < 1.29 is 4.79 Å². The zero-order valence-corrected chi connectivity index (χ0v) is 11.3. The molecule has 0 aliphatic rings. The van der Waals surface area contributed by atoms with E-state index in [1.807, 2.05) is 49.4 Å². The van der Waals surface area contributed by atoms with Crippen LogP contribution >= 0.6 is 0 Å². The number of nitrogens with two attached hydrogens (primary N) is 1. The molecule has 3 nitrogen and oxygen atoms in total. The third-order valence-corrected chi connectivity index (χ3v) is 3.49. The fraction of sp³-hybridized carbons (Fsp3) is 0.118. The molecule has 0 saturated carbocycles. The smallest absolute Gasteiger partial charge is 0.162 e. The number of nitrogens with one attached hydrogen (secondary N) is 1. The van der Waals surface area contributed by atoms with Gasteiger partial charge in [0.2, 0.25) is 0 Å². The van der Waals surface area contributed by atoms with Crippen LogP contribution in [0.5, 0.6) is 0 Å². The monoisotopic (exact) mass is 264 g/mol. The normalized spacial score (nSPS) is 10.8. The average Bonchev–Trinajstić information content (AvgIpc) is 2.90. The lowest BCUT2D eigenvalue weighted by Crippen LogP contribution is -1.95. The zero-order valence-electron chi connectivity index (χ0n) is 11.3. The highest BCUT2D eigenvalue weighted by Gasteiger charge is 2.07. The Kier molecular flexibility index (Phi) is 3.03. The van der Waals surface area contributed by atoms with Crippen LogP contribution in [0.2, 0.25) is 0 Å². The van der Waals surface area contributed by atoms with Crippen molar-refractivity contribution in [2.24, 2.45) is 0 Å². The highest BCUT2D eigenvalue weighted by molar-refractivity contribution is 5.99. The fourth-order valence-electron chi connectivity index (χ4n) is 2.32. The Morgan fingerprint density at radius 2 is 1.85 bits per heavy atom. The van der Waals surface area contributed by atoms with Gasteiger partial charge in [-0.05, 0) is 29.8 Å². The van der Waals surface area contributed by atoms with Crippen LogP contribution in [0.15, 0.2) is 48.5 Å². The molecule has 100 valence electrons. The summed E-state index contributed by atoms with van der Waals surface area (Å²) in [5.41, 5.74) is 10.3. The maximum absolute atomic E-state index is 11.7. The van der Waals surface area contributed by atoms with Gasteiger partial charge in [0.25, 0.3) is 0 Å². The first-order chi connectivity index (χ1) is 9.67. The van der Waals surface area contributed by atoms with Gasteiger partial charge < -0.3 is 10.7 Å². The summed E-state index contributed by atoms with van der Waals surface area (Å²) in [7, 11) is 0. The summed E-state index contributed by atoms with van der Waals surface area (Å²) < 4.78 is 0. The van der Waals surface area contributed by atoms with Crippen molar-refractivity contribution in [3.8, 4) is 11.3 Å². The van der Waals surface area contributed by atoms with Crippen LogP contribution in [-0.4, -0.2) is 10.8 Å². The zero-order chi connectivity index (χ0) is 14.1. The minimum Gasteiger partial charge on any atom is -0.399 e. The van der Waals surface area contributed by atoms with Crippen LogP contribution in [0.3, 0.4) is 0 Å². The third kappa shape index (κ3) is 2.18. The summed E-state index contributed by atoms with van der Waals surface area (Å²) in [6, 6.07) is 15.6. The van der Waals surface area contributed by atoms with Crippen LogP contribution in [0, 0.1) is 0 Å². The minimum absolute atomic E-state index is 0.163. The molecule has 3 rings (SSSR count). The van der Waals surface area contributed by atoms with Crippen molar-refractivity contribution >= 4 is 22.4 Å². The van der Waals surface area contributed by atoms with E-state index in [1.165, 1.54) is 0 Å². The third-order valence-electron chi connectivity index (χ3n) is 3.49. The molecular formula is C17H16N2O. The number of rotatable bonds is 3. The molecule has 3 heteroatoms. The van der Waals surface area contributed by atoms with Crippen molar-refractivity contribution in [3.05, 3.63) is 54.1 Å². The van der Waals surface area contributed by atoms with Crippen molar-refractivity contribution in [2.75, 3.05) is 5.73 Å². The van der Waals surface area contributed by atoms with Gasteiger partial charge in [0.15, 0.2) is 5.78 Å². The molecule has 0 amide bonds. The van der Waals surface area contributed by atoms with Gasteiger partial charge in [0.1, 0.15) is 0 Å². The van der Waals surface area contributed by atoms with Crippen molar-refractivity contribution in [1.29, 1.82) is 0 Å². The Morgan fingerprint density at radius 1 is 1.10 bits per heavy atom. The van der Waals surface area contributed by atoms with Gasteiger partial charge in [0, 0.05) is 34.3 Å². The number of carbonyl (C=O) groups is 1. The molecular weight excluding hydrogens is 248 g/mol. The Morgan fingerprint density at radius 3 is 2.55 bits per heavy atom. The summed E-state index contributed by atoms with van der Waals surface area (Å²) in [4.78, 5) is 15.1. The largest absolute Gasteiger partial charge is 0.399 e. The number of hydrogen-bond donors (Lipinski definition) is 2. The van der Waals surface area contributed by atoms with Crippen LogP contribution in [-0.2, 0) is 0 Å². The lowest BCUT2D eigenvalue weighted by atomic mass is 10.1. The number of carbonyl (C=O) groups excluding carboxylic acids is 1. The molecule has 1 aromatic heterocycles. The van der Waals surface area contributed by atoms with E-state index in [9.17, 15) is 4.79 Å². The molecule has 2 aromatic carbocycles. The number of anilines is 1. The minimum atomic E-state index is 0.163. The summed E-state index contributed by atoms with van der Waals surface area (Å²) in [5, 5.41) is 1.10. The number of Topliss-reactive ketones (excluding diaryl/α,β-unsaturated/α-hetero) is 1. The van der Waals surface area contributed by atoms with Gasteiger partial charge in [-0.15, -0.1) is 0 Å². The Balaban J connectivity index is 2.06. The molecule has 0 radical (unpaired) electrons. The average molecular weight is 264 g/mol. The van der Waals surface area contributed by atoms with Crippen molar-refractivity contribution in [3.63, 3.8) is 0 Å². The Hall–Kier alpha value is -2.55. The summed E-state index contributed by atoms with van der Waals surface area (Å²) in [5.74, 6) is 0.163. The van der Waals surface area contributed by atoms with E-state index in [2.05, 4.69) is 11.1 Å². The molecule has 0 saturated heterocycles. The van der Waals surface area contributed by atoms with E-state index in [1.54, 1.807) is 0 Å². The number of benzene rings is 2. The van der Waals surface area contributed by atoms with E-state index in [0.29, 0.717) is 6.42 Å². The number of nitrogen functional groups attached to an aromatic ring is 1. The highest BCUT2D eigenvalue weighted by atomic mass is 16.1. The second-order valence-corrected chi connectivity index (χ2v) is 4.88. The molecule has 0 spiro atoms.